The van der Waals surface area contributed by atoms with Gasteiger partial charge in [-0.05, 0) is 37.7 Å². The van der Waals surface area contributed by atoms with Crippen molar-refractivity contribution in [2.75, 3.05) is 20.7 Å². The van der Waals surface area contributed by atoms with Crippen molar-refractivity contribution in [3.63, 3.8) is 0 Å². The lowest BCUT2D eigenvalue weighted by Gasteiger charge is -2.09. The van der Waals surface area contributed by atoms with Crippen LogP contribution in [0.3, 0.4) is 0 Å². The number of methoxy groups -OCH3 is 1. The van der Waals surface area contributed by atoms with Gasteiger partial charge in [0.1, 0.15) is 0 Å². The third-order valence-corrected chi connectivity index (χ3v) is 2.39. The van der Waals surface area contributed by atoms with Crippen LogP contribution in [-0.2, 0) is 6.42 Å². The number of hydrogen-bond acceptors (Lipinski definition) is 2. The Bertz CT molecular complexity index is 317. The molecule has 0 radical (unpaired) electrons. The molecule has 1 aromatic rings. The summed E-state index contributed by atoms with van der Waals surface area (Å²) in [6.45, 7) is 0.798. The Morgan fingerprint density at radius 1 is 1.50 bits per heavy atom. The average molecular weight is 262 g/mol. The fraction of sp³-hybridized carbons (Fsp3) is 0.400. The first-order valence-electron chi connectivity index (χ1n) is 4.35. The lowest BCUT2D eigenvalue weighted by atomic mass is 10.1. The summed E-state index contributed by atoms with van der Waals surface area (Å²) in [7, 11) is 3.34. The molecule has 1 aromatic carbocycles. The number of nitrogens with one attached hydrogen (secondary N) is 1. The highest BCUT2D eigenvalue weighted by Crippen LogP contribution is 2.27. The molecule has 0 spiro atoms. The summed E-state index contributed by atoms with van der Waals surface area (Å²) in [5.74, 6) is 0.0106. The number of halogens is 2. The SMILES string of the molecule is CNCCc1cc(Br)cc(F)c1OC. The first-order chi connectivity index (χ1) is 6.69. The molecule has 0 bridgehead atoms. The van der Waals surface area contributed by atoms with Crippen molar-refractivity contribution >= 4 is 15.9 Å². The van der Waals surface area contributed by atoms with E-state index < -0.39 is 0 Å². The van der Waals surface area contributed by atoms with Crippen LogP contribution in [0.25, 0.3) is 0 Å². The van der Waals surface area contributed by atoms with E-state index in [0.29, 0.717) is 5.75 Å². The summed E-state index contributed by atoms with van der Waals surface area (Å²) >= 11 is 3.25. The van der Waals surface area contributed by atoms with Gasteiger partial charge in [0.2, 0.25) is 0 Å². The minimum atomic E-state index is -0.326. The topological polar surface area (TPSA) is 21.3 Å². The molecule has 78 valence electrons. The van der Waals surface area contributed by atoms with E-state index in [4.69, 9.17) is 4.74 Å². The third kappa shape index (κ3) is 2.69. The zero-order valence-corrected chi connectivity index (χ0v) is 9.82. The maximum Gasteiger partial charge on any atom is 0.166 e. The molecule has 4 heteroatoms. The van der Waals surface area contributed by atoms with Crippen LogP contribution in [0, 0.1) is 5.82 Å². The lowest BCUT2D eigenvalue weighted by Crippen LogP contribution is -2.11. The van der Waals surface area contributed by atoms with Crippen molar-refractivity contribution in [2.24, 2.45) is 0 Å². The van der Waals surface area contributed by atoms with Gasteiger partial charge in [-0.1, -0.05) is 15.9 Å². The highest BCUT2D eigenvalue weighted by atomic mass is 79.9. The standard InChI is InChI=1S/C10H13BrFNO/c1-13-4-3-7-5-8(11)6-9(12)10(7)14-2/h5-6,13H,3-4H2,1-2H3. The van der Waals surface area contributed by atoms with E-state index in [1.54, 1.807) is 0 Å². The number of benzene rings is 1. The Kier molecular flexibility index (Phi) is 4.35. The molecular weight excluding hydrogens is 249 g/mol. The summed E-state index contributed by atoms with van der Waals surface area (Å²) in [5, 5.41) is 3.01. The van der Waals surface area contributed by atoms with E-state index in [-0.39, 0.29) is 5.82 Å². The Morgan fingerprint density at radius 2 is 2.21 bits per heavy atom. The van der Waals surface area contributed by atoms with Gasteiger partial charge < -0.3 is 10.1 Å². The molecule has 2 nitrogen and oxygen atoms in total. The molecule has 0 saturated carbocycles. The zero-order chi connectivity index (χ0) is 10.6. The van der Waals surface area contributed by atoms with Gasteiger partial charge in [0.05, 0.1) is 7.11 Å². The quantitative estimate of drug-likeness (QED) is 0.899. The highest BCUT2D eigenvalue weighted by Gasteiger charge is 2.09. The average Bonchev–Trinajstić information content (AvgIpc) is 2.14. The van der Waals surface area contributed by atoms with Crippen LogP contribution < -0.4 is 10.1 Å². The van der Waals surface area contributed by atoms with Crippen molar-refractivity contribution in [3.05, 3.63) is 28.0 Å². The predicted octanol–water partition coefficient (Wildman–Crippen LogP) is 2.36. The van der Waals surface area contributed by atoms with Crippen molar-refractivity contribution in [3.8, 4) is 5.75 Å². The van der Waals surface area contributed by atoms with Crippen LogP contribution in [0.5, 0.6) is 5.75 Å². The molecule has 0 aliphatic heterocycles. The molecule has 14 heavy (non-hydrogen) atoms. The molecule has 0 atom stereocenters. The summed E-state index contributed by atoms with van der Waals surface area (Å²) in [5.41, 5.74) is 0.869. The largest absolute Gasteiger partial charge is 0.493 e. The van der Waals surface area contributed by atoms with Gasteiger partial charge in [-0.2, -0.15) is 0 Å². The van der Waals surface area contributed by atoms with Crippen molar-refractivity contribution < 1.29 is 9.13 Å². The second kappa shape index (κ2) is 5.32. The molecular formula is C10H13BrFNO. The second-order valence-electron chi connectivity index (χ2n) is 2.93. The Labute approximate surface area is 91.6 Å². The van der Waals surface area contributed by atoms with Gasteiger partial charge in [0.25, 0.3) is 0 Å². The predicted molar refractivity (Wildman–Crippen MR) is 58.3 cm³/mol. The van der Waals surface area contributed by atoms with E-state index in [2.05, 4.69) is 21.2 Å². The van der Waals surface area contributed by atoms with Crippen LogP contribution in [0.4, 0.5) is 4.39 Å². The summed E-state index contributed by atoms with van der Waals surface area (Å²) < 4.78 is 19.1. The molecule has 1 rings (SSSR count). The smallest absolute Gasteiger partial charge is 0.166 e. The molecule has 0 aliphatic rings. The fourth-order valence-corrected chi connectivity index (χ4v) is 1.76. The molecule has 0 aliphatic carbocycles. The highest BCUT2D eigenvalue weighted by molar-refractivity contribution is 9.10. The van der Waals surface area contributed by atoms with Crippen LogP contribution in [-0.4, -0.2) is 20.7 Å². The summed E-state index contributed by atoms with van der Waals surface area (Å²) in [4.78, 5) is 0. The number of ether oxygens (including phenoxy) is 1. The normalized spacial score (nSPS) is 10.3. The van der Waals surface area contributed by atoms with Crippen LogP contribution >= 0.6 is 15.9 Å². The third-order valence-electron chi connectivity index (χ3n) is 1.93. The molecule has 0 amide bonds. The van der Waals surface area contributed by atoms with Crippen molar-refractivity contribution in [2.45, 2.75) is 6.42 Å². The Morgan fingerprint density at radius 3 is 2.79 bits per heavy atom. The van der Waals surface area contributed by atoms with Gasteiger partial charge >= 0.3 is 0 Å². The maximum absolute atomic E-state index is 13.4. The number of rotatable bonds is 4. The molecule has 0 heterocycles. The molecule has 1 N–H and O–H groups in total. The van der Waals surface area contributed by atoms with E-state index in [9.17, 15) is 4.39 Å². The van der Waals surface area contributed by atoms with Crippen LogP contribution in [0.2, 0.25) is 0 Å². The van der Waals surface area contributed by atoms with Crippen molar-refractivity contribution in [1.29, 1.82) is 0 Å². The molecule has 0 aromatic heterocycles. The van der Waals surface area contributed by atoms with Crippen molar-refractivity contribution in [1.82, 2.24) is 5.32 Å². The van der Waals surface area contributed by atoms with Crippen LogP contribution in [0.15, 0.2) is 16.6 Å². The minimum absolute atomic E-state index is 0.326. The van der Waals surface area contributed by atoms with Gasteiger partial charge in [0.15, 0.2) is 11.6 Å². The summed E-state index contributed by atoms with van der Waals surface area (Å²) in [6.07, 6.45) is 0.746. The number of likely N-dealkylation sites (N-methyl/N-ethyl adjacent to an activating group) is 1. The molecule has 0 fully saturated rings. The van der Waals surface area contributed by atoms with Gasteiger partial charge in [-0.25, -0.2) is 4.39 Å². The van der Waals surface area contributed by atoms with Gasteiger partial charge in [0, 0.05) is 4.47 Å². The molecule has 0 unspecified atom stereocenters. The molecule has 0 saturated heterocycles. The first kappa shape index (κ1) is 11.5. The first-order valence-corrected chi connectivity index (χ1v) is 5.15. The fourth-order valence-electron chi connectivity index (χ4n) is 1.29. The maximum atomic E-state index is 13.4. The van der Waals surface area contributed by atoms with E-state index in [1.807, 2.05) is 13.1 Å². The van der Waals surface area contributed by atoms with Gasteiger partial charge in [-0.3, -0.25) is 0 Å². The lowest BCUT2D eigenvalue weighted by molar-refractivity contribution is 0.381. The van der Waals surface area contributed by atoms with E-state index in [1.165, 1.54) is 13.2 Å². The Hall–Kier alpha value is -0.610. The Balaban J connectivity index is 2.99. The van der Waals surface area contributed by atoms with E-state index in [0.717, 1.165) is 23.0 Å². The van der Waals surface area contributed by atoms with Gasteiger partial charge in [-0.15, -0.1) is 0 Å². The van der Waals surface area contributed by atoms with Crippen LogP contribution in [0.1, 0.15) is 5.56 Å². The number of hydrogen-bond donors (Lipinski definition) is 1. The zero-order valence-electron chi connectivity index (χ0n) is 8.23. The second-order valence-corrected chi connectivity index (χ2v) is 3.85. The van der Waals surface area contributed by atoms with E-state index >= 15 is 0 Å². The summed E-state index contributed by atoms with van der Waals surface area (Å²) in [6, 6.07) is 3.28. The minimum Gasteiger partial charge on any atom is -0.493 e. The monoisotopic (exact) mass is 261 g/mol.